The lowest BCUT2D eigenvalue weighted by molar-refractivity contribution is -0.144. The van der Waals surface area contributed by atoms with Crippen molar-refractivity contribution in [1.29, 1.82) is 0 Å². The summed E-state index contributed by atoms with van der Waals surface area (Å²) in [4.78, 5) is 11.5. The highest BCUT2D eigenvalue weighted by atomic mass is 28.3. The van der Waals surface area contributed by atoms with Crippen LogP contribution in [-0.2, 0) is 9.53 Å². The van der Waals surface area contributed by atoms with Crippen molar-refractivity contribution >= 4 is 14.0 Å². The summed E-state index contributed by atoms with van der Waals surface area (Å²) in [6.45, 7) is 2.38. The molecule has 0 bridgehead atoms. The summed E-state index contributed by atoms with van der Waals surface area (Å²) in [6, 6.07) is 4.01. The minimum absolute atomic E-state index is 0.0243. The molecule has 3 nitrogen and oxygen atoms in total. The van der Waals surface area contributed by atoms with Gasteiger partial charge in [-0.15, -0.1) is 0 Å². The van der Waals surface area contributed by atoms with Crippen LogP contribution in [0.15, 0.2) is 0 Å². The molecule has 0 aromatic carbocycles. The molecule has 1 atom stereocenters. The average molecular weight is 213 g/mol. The number of rotatable bonds is 2. The van der Waals surface area contributed by atoms with Crippen LogP contribution < -0.4 is 5.32 Å². The molecule has 2 aliphatic heterocycles. The van der Waals surface area contributed by atoms with Crippen LogP contribution >= 0.6 is 0 Å². The third kappa shape index (κ3) is 1.86. The van der Waals surface area contributed by atoms with E-state index in [0.29, 0.717) is 6.61 Å². The van der Waals surface area contributed by atoms with Gasteiger partial charge in [-0.3, -0.25) is 4.79 Å². The van der Waals surface area contributed by atoms with Crippen molar-refractivity contribution in [2.24, 2.45) is 0 Å². The first-order chi connectivity index (χ1) is 6.76. The van der Waals surface area contributed by atoms with Crippen molar-refractivity contribution in [2.75, 3.05) is 12.8 Å². The highest BCUT2D eigenvalue weighted by Crippen LogP contribution is 2.37. The number of esters is 1. The molecule has 2 rings (SSSR count). The summed E-state index contributed by atoms with van der Waals surface area (Å²) in [6.07, 6.45) is 3.93. The smallest absolute Gasteiger partial charge is 0.322 e. The summed E-state index contributed by atoms with van der Waals surface area (Å²) in [5.74, 6) is -0.0243. The molecule has 0 radical (unpaired) electrons. The van der Waals surface area contributed by atoms with Gasteiger partial charge in [-0.1, -0.05) is 24.9 Å². The molecule has 0 aromatic heterocycles. The Kier molecular flexibility index (Phi) is 2.92. The quantitative estimate of drug-likeness (QED) is 0.555. The standard InChI is InChI=1S/C10H19NO2Si/c1-2-13-10(12)9-7-14(8-11-9)5-3-4-6-14/h9,11H,2-8H2,1H3. The molecule has 0 saturated carbocycles. The van der Waals surface area contributed by atoms with E-state index in [1.54, 1.807) is 0 Å². The molecule has 80 valence electrons. The van der Waals surface area contributed by atoms with Crippen molar-refractivity contribution in [3.63, 3.8) is 0 Å². The van der Waals surface area contributed by atoms with E-state index in [1.807, 2.05) is 6.92 Å². The predicted octanol–water partition coefficient (Wildman–Crippen LogP) is 1.30. The van der Waals surface area contributed by atoms with E-state index < -0.39 is 8.07 Å². The fourth-order valence-corrected chi connectivity index (χ4v) is 7.85. The molecule has 2 fully saturated rings. The Balaban J connectivity index is 1.90. The van der Waals surface area contributed by atoms with Gasteiger partial charge in [-0.25, -0.2) is 0 Å². The van der Waals surface area contributed by atoms with Crippen LogP contribution in [0.5, 0.6) is 0 Å². The van der Waals surface area contributed by atoms with Gasteiger partial charge < -0.3 is 10.1 Å². The van der Waals surface area contributed by atoms with Gasteiger partial charge in [-0.2, -0.15) is 0 Å². The summed E-state index contributed by atoms with van der Waals surface area (Å²) in [7, 11) is -1.04. The molecule has 14 heavy (non-hydrogen) atoms. The molecular formula is C10H19NO2Si. The second kappa shape index (κ2) is 4.02. The molecule has 1 unspecified atom stereocenters. The van der Waals surface area contributed by atoms with Crippen molar-refractivity contribution in [1.82, 2.24) is 5.32 Å². The number of ether oxygens (including phenoxy) is 1. The van der Waals surface area contributed by atoms with E-state index in [-0.39, 0.29) is 12.0 Å². The molecule has 2 saturated heterocycles. The Morgan fingerprint density at radius 1 is 1.50 bits per heavy atom. The molecule has 0 aliphatic carbocycles. The zero-order chi connectivity index (χ0) is 10.0. The normalized spacial score (nSPS) is 29.6. The van der Waals surface area contributed by atoms with Gasteiger partial charge in [0.1, 0.15) is 6.04 Å². The minimum Gasteiger partial charge on any atom is -0.465 e. The predicted molar refractivity (Wildman–Crippen MR) is 57.8 cm³/mol. The van der Waals surface area contributed by atoms with Crippen molar-refractivity contribution in [2.45, 2.75) is 43.9 Å². The summed E-state index contributed by atoms with van der Waals surface area (Å²) >= 11 is 0. The lowest BCUT2D eigenvalue weighted by Gasteiger charge is -2.17. The maximum absolute atomic E-state index is 11.5. The fraction of sp³-hybridized carbons (Fsp3) is 0.900. The zero-order valence-electron chi connectivity index (χ0n) is 8.84. The maximum Gasteiger partial charge on any atom is 0.322 e. The summed E-state index contributed by atoms with van der Waals surface area (Å²) < 4.78 is 5.05. The van der Waals surface area contributed by atoms with Crippen molar-refractivity contribution < 1.29 is 9.53 Å². The molecule has 0 aromatic rings. The van der Waals surface area contributed by atoms with Crippen LogP contribution in [0.4, 0.5) is 0 Å². The largest absolute Gasteiger partial charge is 0.465 e. The molecule has 0 amide bonds. The number of hydrogen-bond donors (Lipinski definition) is 1. The van der Waals surface area contributed by atoms with E-state index in [0.717, 1.165) is 12.2 Å². The highest BCUT2D eigenvalue weighted by molar-refractivity contribution is 6.81. The van der Waals surface area contributed by atoms with Crippen molar-refractivity contribution in [3.8, 4) is 0 Å². The van der Waals surface area contributed by atoms with Crippen LogP contribution in [0.3, 0.4) is 0 Å². The van der Waals surface area contributed by atoms with E-state index >= 15 is 0 Å². The summed E-state index contributed by atoms with van der Waals surface area (Å²) in [5.41, 5.74) is 0. The van der Waals surface area contributed by atoms with E-state index in [2.05, 4.69) is 5.32 Å². The minimum atomic E-state index is -1.04. The third-order valence-corrected chi connectivity index (χ3v) is 8.65. The number of nitrogens with one attached hydrogen (secondary N) is 1. The van der Waals surface area contributed by atoms with E-state index in [4.69, 9.17) is 4.74 Å². The van der Waals surface area contributed by atoms with Gasteiger partial charge in [0.25, 0.3) is 0 Å². The third-order valence-electron chi connectivity index (χ3n) is 3.60. The molecule has 4 heteroatoms. The Labute approximate surface area is 86.2 Å². The van der Waals surface area contributed by atoms with Gasteiger partial charge in [0.05, 0.1) is 14.7 Å². The second-order valence-electron chi connectivity index (χ2n) is 4.60. The maximum atomic E-state index is 11.5. The van der Waals surface area contributed by atoms with Gasteiger partial charge in [0, 0.05) is 0 Å². The molecule has 1 N–H and O–H groups in total. The van der Waals surface area contributed by atoms with E-state index in [1.165, 1.54) is 24.9 Å². The Morgan fingerprint density at radius 3 is 2.86 bits per heavy atom. The Hall–Kier alpha value is -0.353. The van der Waals surface area contributed by atoms with Crippen LogP contribution in [0.1, 0.15) is 19.8 Å². The van der Waals surface area contributed by atoms with Gasteiger partial charge in [-0.05, 0) is 19.1 Å². The van der Waals surface area contributed by atoms with Gasteiger partial charge in [0.15, 0.2) is 0 Å². The lowest BCUT2D eigenvalue weighted by atomic mass is 10.3. The highest BCUT2D eigenvalue weighted by Gasteiger charge is 2.45. The molecule has 1 spiro atoms. The molecular weight excluding hydrogens is 194 g/mol. The van der Waals surface area contributed by atoms with Crippen LogP contribution in [-0.4, -0.2) is 32.9 Å². The van der Waals surface area contributed by atoms with Crippen LogP contribution in [0.2, 0.25) is 18.1 Å². The molecule has 2 aliphatic rings. The first kappa shape index (κ1) is 10.2. The SMILES string of the molecule is CCOC(=O)C1C[Si]2(CCCC2)CN1. The Morgan fingerprint density at radius 2 is 2.21 bits per heavy atom. The molecule has 2 heterocycles. The van der Waals surface area contributed by atoms with Crippen LogP contribution in [0, 0.1) is 0 Å². The zero-order valence-corrected chi connectivity index (χ0v) is 9.84. The average Bonchev–Trinajstić information content (AvgIpc) is 2.78. The fourth-order valence-electron chi connectivity index (χ4n) is 2.83. The number of carbonyl (C=O) groups is 1. The second-order valence-corrected chi connectivity index (χ2v) is 9.36. The number of hydrogen-bond acceptors (Lipinski definition) is 3. The van der Waals surface area contributed by atoms with Crippen LogP contribution in [0.25, 0.3) is 0 Å². The van der Waals surface area contributed by atoms with Crippen molar-refractivity contribution in [3.05, 3.63) is 0 Å². The topological polar surface area (TPSA) is 38.3 Å². The van der Waals surface area contributed by atoms with Gasteiger partial charge >= 0.3 is 5.97 Å². The Bertz CT molecular complexity index is 226. The lowest BCUT2D eigenvalue weighted by Crippen LogP contribution is -2.33. The first-order valence-corrected chi connectivity index (χ1v) is 8.49. The monoisotopic (exact) mass is 213 g/mol. The van der Waals surface area contributed by atoms with Gasteiger partial charge in [0.2, 0.25) is 0 Å². The first-order valence-electron chi connectivity index (χ1n) is 5.66. The van der Waals surface area contributed by atoms with E-state index in [9.17, 15) is 4.79 Å². The summed E-state index contributed by atoms with van der Waals surface area (Å²) in [5, 5.41) is 3.36. The number of carbonyl (C=O) groups excluding carboxylic acids is 1.